The summed E-state index contributed by atoms with van der Waals surface area (Å²) < 4.78 is 0. The summed E-state index contributed by atoms with van der Waals surface area (Å²) in [7, 11) is 2.25. The molecular weight excluding hydrogens is 342 g/mol. The van der Waals surface area contributed by atoms with Crippen LogP contribution >= 0.6 is 11.6 Å². The number of hydrogen-bond donors (Lipinski definition) is 1. The van der Waals surface area contributed by atoms with Gasteiger partial charge in [0.2, 0.25) is 0 Å². The van der Waals surface area contributed by atoms with Crippen molar-refractivity contribution in [1.29, 1.82) is 0 Å². The molecule has 0 radical (unpaired) electrons. The highest BCUT2D eigenvalue weighted by Gasteiger charge is 2.24. The molecule has 1 heterocycles. The Hall–Kier alpha value is -1.16. The van der Waals surface area contributed by atoms with Gasteiger partial charge in [-0.2, -0.15) is 0 Å². The second-order valence-corrected chi connectivity index (χ2v) is 8.71. The highest BCUT2D eigenvalue weighted by atomic mass is 35.5. The molecule has 3 nitrogen and oxygen atoms in total. The van der Waals surface area contributed by atoms with Crippen LogP contribution in [0, 0.1) is 5.92 Å². The maximum Gasteiger partial charge on any atom is 0.0723 e. The monoisotopic (exact) mass is 371 g/mol. The zero-order chi connectivity index (χ0) is 18.1. The van der Waals surface area contributed by atoms with Crippen LogP contribution in [0.5, 0.6) is 0 Å². The standard InChI is InChI=1S/C22H30ClN3/c1-26(14-15-8-9-15)12-4-6-19(24)22-17-5-2-3-7-20(17)25-21-13-16(23)10-11-18(21)22/h10-11,13,15,19H,2-9,12,14,24H2,1H3. The Kier molecular flexibility index (Phi) is 5.49. The Morgan fingerprint density at radius 2 is 2.08 bits per heavy atom. The lowest BCUT2D eigenvalue weighted by atomic mass is 9.86. The van der Waals surface area contributed by atoms with Gasteiger partial charge in [0.05, 0.1) is 5.52 Å². The van der Waals surface area contributed by atoms with E-state index in [1.54, 1.807) is 0 Å². The molecule has 2 aliphatic carbocycles. The largest absolute Gasteiger partial charge is 0.324 e. The van der Waals surface area contributed by atoms with Gasteiger partial charge < -0.3 is 10.6 Å². The lowest BCUT2D eigenvalue weighted by molar-refractivity contribution is 0.309. The molecule has 26 heavy (non-hydrogen) atoms. The van der Waals surface area contributed by atoms with E-state index in [1.807, 2.05) is 12.1 Å². The molecule has 4 rings (SSSR count). The average Bonchev–Trinajstić information content (AvgIpc) is 3.43. The van der Waals surface area contributed by atoms with Crippen LogP contribution in [0.1, 0.15) is 61.4 Å². The first kappa shape index (κ1) is 18.2. The number of benzene rings is 1. The van der Waals surface area contributed by atoms with Crippen molar-refractivity contribution in [2.45, 2.75) is 57.4 Å². The van der Waals surface area contributed by atoms with Crippen molar-refractivity contribution in [3.05, 3.63) is 40.0 Å². The van der Waals surface area contributed by atoms with E-state index < -0.39 is 0 Å². The number of nitrogens with two attached hydrogens (primary N) is 1. The summed E-state index contributed by atoms with van der Waals surface area (Å²) in [5.74, 6) is 0.953. The lowest BCUT2D eigenvalue weighted by Gasteiger charge is -2.25. The van der Waals surface area contributed by atoms with Gasteiger partial charge in [0.25, 0.3) is 0 Å². The summed E-state index contributed by atoms with van der Waals surface area (Å²) in [6.45, 7) is 2.39. The lowest BCUT2D eigenvalue weighted by Crippen LogP contribution is -2.24. The topological polar surface area (TPSA) is 42.1 Å². The first-order valence-electron chi connectivity index (χ1n) is 10.2. The third kappa shape index (κ3) is 4.05. The third-order valence-electron chi connectivity index (χ3n) is 5.96. The number of aryl methyl sites for hydroxylation is 1. The van der Waals surface area contributed by atoms with Gasteiger partial charge in [-0.1, -0.05) is 17.7 Å². The molecule has 1 unspecified atom stereocenters. The number of halogens is 1. The number of pyridine rings is 1. The van der Waals surface area contributed by atoms with Gasteiger partial charge in [-0.25, -0.2) is 0 Å². The number of rotatable bonds is 7. The first-order valence-corrected chi connectivity index (χ1v) is 10.5. The van der Waals surface area contributed by atoms with Crippen LogP contribution in [-0.2, 0) is 12.8 Å². The van der Waals surface area contributed by atoms with Gasteiger partial charge >= 0.3 is 0 Å². The number of nitrogens with zero attached hydrogens (tertiary/aromatic N) is 2. The van der Waals surface area contributed by atoms with E-state index >= 15 is 0 Å². The average molecular weight is 372 g/mol. The van der Waals surface area contributed by atoms with Gasteiger partial charge in [-0.05, 0) is 94.1 Å². The molecule has 0 bridgehead atoms. The molecule has 1 aromatic heterocycles. The Balaban J connectivity index is 1.55. The van der Waals surface area contributed by atoms with E-state index in [2.05, 4.69) is 18.0 Å². The molecule has 0 aliphatic heterocycles. The molecule has 2 N–H and O–H groups in total. The third-order valence-corrected chi connectivity index (χ3v) is 6.20. The van der Waals surface area contributed by atoms with Crippen LogP contribution < -0.4 is 5.73 Å². The van der Waals surface area contributed by atoms with E-state index in [9.17, 15) is 0 Å². The SMILES string of the molecule is CN(CCCC(N)c1c2c(nc3cc(Cl)ccc13)CCCC2)CC1CC1. The summed E-state index contributed by atoms with van der Waals surface area (Å²) in [5, 5.41) is 1.95. The number of aromatic nitrogens is 1. The summed E-state index contributed by atoms with van der Waals surface area (Å²) in [4.78, 5) is 7.40. The van der Waals surface area contributed by atoms with E-state index in [0.29, 0.717) is 0 Å². The number of fused-ring (bicyclic) bond motifs is 2. The van der Waals surface area contributed by atoms with Gasteiger partial charge in [0.1, 0.15) is 0 Å². The van der Waals surface area contributed by atoms with Gasteiger partial charge in [-0.3, -0.25) is 4.98 Å². The van der Waals surface area contributed by atoms with Crippen LogP contribution in [-0.4, -0.2) is 30.0 Å². The first-order chi connectivity index (χ1) is 12.6. The van der Waals surface area contributed by atoms with Crippen LogP contribution in [0.15, 0.2) is 18.2 Å². The maximum atomic E-state index is 6.74. The molecule has 0 saturated heterocycles. The van der Waals surface area contributed by atoms with Crippen molar-refractivity contribution in [2.75, 3.05) is 20.1 Å². The molecule has 1 fully saturated rings. The van der Waals surface area contributed by atoms with Crippen molar-refractivity contribution in [3.63, 3.8) is 0 Å². The fourth-order valence-corrected chi connectivity index (χ4v) is 4.58. The highest BCUT2D eigenvalue weighted by molar-refractivity contribution is 6.31. The minimum absolute atomic E-state index is 0.0860. The maximum absolute atomic E-state index is 6.74. The van der Waals surface area contributed by atoms with Crippen LogP contribution in [0.3, 0.4) is 0 Å². The van der Waals surface area contributed by atoms with Crippen molar-refractivity contribution in [2.24, 2.45) is 11.7 Å². The second kappa shape index (κ2) is 7.84. The summed E-state index contributed by atoms with van der Waals surface area (Å²) in [6.07, 6.45) is 9.68. The Labute approximate surface area is 161 Å². The smallest absolute Gasteiger partial charge is 0.0723 e. The van der Waals surface area contributed by atoms with E-state index in [0.717, 1.165) is 48.7 Å². The van der Waals surface area contributed by atoms with Crippen LogP contribution in [0.2, 0.25) is 5.02 Å². The summed E-state index contributed by atoms with van der Waals surface area (Å²) in [5.41, 5.74) is 11.8. The minimum atomic E-state index is 0.0860. The Morgan fingerprint density at radius 3 is 2.88 bits per heavy atom. The zero-order valence-electron chi connectivity index (χ0n) is 15.8. The Morgan fingerprint density at radius 1 is 1.27 bits per heavy atom. The van der Waals surface area contributed by atoms with E-state index in [4.69, 9.17) is 22.3 Å². The molecular formula is C22H30ClN3. The van der Waals surface area contributed by atoms with E-state index in [1.165, 1.54) is 54.4 Å². The summed E-state index contributed by atoms with van der Waals surface area (Å²) in [6, 6.07) is 6.17. The molecule has 2 aromatic rings. The fourth-order valence-electron chi connectivity index (χ4n) is 4.42. The molecule has 1 aromatic carbocycles. The second-order valence-electron chi connectivity index (χ2n) is 8.27. The van der Waals surface area contributed by atoms with Gasteiger partial charge in [0, 0.05) is 28.7 Å². The minimum Gasteiger partial charge on any atom is -0.324 e. The fraction of sp³-hybridized carbons (Fsp3) is 0.591. The van der Waals surface area contributed by atoms with Gasteiger partial charge in [-0.15, -0.1) is 0 Å². The predicted molar refractivity (Wildman–Crippen MR) is 110 cm³/mol. The molecule has 0 amide bonds. The summed E-state index contributed by atoms with van der Waals surface area (Å²) >= 11 is 6.22. The molecule has 2 aliphatic rings. The molecule has 1 saturated carbocycles. The van der Waals surface area contributed by atoms with Crippen molar-refractivity contribution >= 4 is 22.5 Å². The molecule has 0 spiro atoms. The predicted octanol–water partition coefficient (Wildman–Crippen LogP) is 4.89. The van der Waals surface area contributed by atoms with Crippen LogP contribution in [0.25, 0.3) is 10.9 Å². The van der Waals surface area contributed by atoms with E-state index in [-0.39, 0.29) is 6.04 Å². The van der Waals surface area contributed by atoms with Crippen LogP contribution in [0.4, 0.5) is 0 Å². The highest BCUT2D eigenvalue weighted by Crippen LogP contribution is 2.35. The molecule has 4 heteroatoms. The quantitative estimate of drug-likeness (QED) is 0.753. The van der Waals surface area contributed by atoms with Gasteiger partial charge in [0.15, 0.2) is 0 Å². The molecule has 140 valence electrons. The number of hydrogen-bond acceptors (Lipinski definition) is 3. The van der Waals surface area contributed by atoms with Crippen molar-refractivity contribution < 1.29 is 0 Å². The normalized spacial score (nSPS) is 18.3. The van der Waals surface area contributed by atoms with Crippen molar-refractivity contribution in [3.8, 4) is 0 Å². The Bertz CT molecular complexity index is 785. The molecule has 1 atom stereocenters. The van der Waals surface area contributed by atoms with Crippen molar-refractivity contribution in [1.82, 2.24) is 9.88 Å². The zero-order valence-corrected chi connectivity index (χ0v) is 16.6.